The first-order chi connectivity index (χ1) is 8.68. The van der Waals surface area contributed by atoms with Crippen molar-refractivity contribution in [3.05, 3.63) is 0 Å². The molecule has 1 aliphatic heterocycles. The highest BCUT2D eigenvalue weighted by Gasteiger charge is 2.36. The van der Waals surface area contributed by atoms with E-state index in [9.17, 15) is 13.5 Å². The van der Waals surface area contributed by atoms with Crippen LogP contribution in [0.15, 0.2) is 0 Å². The van der Waals surface area contributed by atoms with E-state index in [2.05, 4.69) is 0 Å². The Kier molecular flexibility index (Phi) is 5.76. The zero-order valence-corrected chi connectivity index (χ0v) is 13.1. The van der Waals surface area contributed by atoms with Crippen LogP contribution in [0.4, 0.5) is 0 Å². The summed E-state index contributed by atoms with van der Waals surface area (Å²) >= 11 is 0. The molecule has 0 aromatic heterocycles. The van der Waals surface area contributed by atoms with Crippen molar-refractivity contribution in [2.75, 3.05) is 33.9 Å². The molecule has 0 spiro atoms. The average molecular weight is 294 g/mol. The Bertz CT molecular complexity index is 378. The Hall–Kier alpha value is -0.210. The predicted octanol–water partition coefficient (Wildman–Crippen LogP) is 0.435. The zero-order valence-electron chi connectivity index (χ0n) is 12.3. The van der Waals surface area contributed by atoms with E-state index in [0.29, 0.717) is 26.1 Å². The van der Waals surface area contributed by atoms with E-state index in [-0.39, 0.29) is 6.04 Å². The van der Waals surface area contributed by atoms with Crippen LogP contribution >= 0.6 is 0 Å². The molecular formula is C12H26N2O4S. The topological polar surface area (TPSA) is 70.1 Å². The number of methoxy groups -OCH3 is 1. The van der Waals surface area contributed by atoms with Crippen LogP contribution in [0.3, 0.4) is 0 Å². The molecule has 0 amide bonds. The Labute approximate surface area is 116 Å². The molecule has 114 valence electrons. The first-order valence-corrected chi connectivity index (χ1v) is 8.02. The first-order valence-electron chi connectivity index (χ1n) is 6.63. The molecule has 19 heavy (non-hydrogen) atoms. The summed E-state index contributed by atoms with van der Waals surface area (Å²) < 4.78 is 32.8. The van der Waals surface area contributed by atoms with Crippen molar-refractivity contribution in [1.82, 2.24) is 8.61 Å². The molecule has 1 fully saturated rings. The largest absolute Gasteiger partial charge is 0.390 e. The highest BCUT2D eigenvalue weighted by atomic mass is 32.2. The summed E-state index contributed by atoms with van der Waals surface area (Å²) in [7, 11) is -0.314. The van der Waals surface area contributed by atoms with E-state index in [1.807, 2.05) is 0 Å². The molecule has 0 bridgehead atoms. The lowest BCUT2D eigenvalue weighted by molar-refractivity contribution is 0.0663. The molecule has 1 heterocycles. The van der Waals surface area contributed by atoms with Gasteiger partial charge >= 0.3 is 0 Å². The molecule has 1 rings (SSSR count). The van der Waals surface area contributed by atoms with E-state index in [0.717, 1.165) is 12.8 Å². The number of ether oxygens (including phenoxy) is 1. The lowest BCUT2D eigenvalue weighted by Gasteiger charge is -2.29. The van der Waals surface area contributed by atoms with Gasteiger partial charge in [-0.25, -0.2) is 0 Å². The van der Waals surface area contributed by atoms with Gasteiger partial charge in [-0.15, -0.1) is 0 Å². The highest BCUT2D eigenvalue weighted by Crippen LogP contribution is 2.23. The molecule has 1 unspecified atom stereocenters. The van der Waals surface area contributed by atoms with Crippen LogP contribution in [-0.2, 0) is 14.9 Å². The maximum atomic E-state index is 12.4. The van der Waals surface area contributed by atoms with Gasteiger partial charge in [0.25, 0.3) is 10.2 Å². The third-order valence-corrected chi connectivity index (χ3v) is 5.45. The lowest BCUT2D eigenvalue weighted by Crippen LogP contribution is -2.46. The van der Waals surface area contributed by atoms with Gasteiger partial charge in [0.1, 0.15) is 0 Å². The Morgan fingerprint density at radius 3 is 2.63 bits per heavy atom. The van der Waals surface area contributed by atoms with Gasteiger partial charge in [-0.2, -0.15) is 17.0 Å². The molecule has 0 aromatic carbocycles. The number of nitrogens with zero attached hydrogens (tertiary/aromatic N) is 2. The van der Waals surface area contributed by atoms with Crippen LogP contribution < -0.4 is 0 Å². The summed E-state index contributed by atoms with van der Waals surface area (Å²) in [4.78, 5) is 0. The molecule has 1 aliphatic rings. The van der Waals surface area contributed by atoms with E-state index in [1.54, 1.807) is 28.0 Å². The van der Waals surface area contributed by atoms with Gasteiger partial charge in [0.2, 0.25) is 0 Å². The standard InChI is InChI=1S/C12H26N2O4S/c1-12(2,15)7-9-13(3)19(16,17)14-8-5-6-11(14)10-18-4/h11,15H,5-10H2,1-4H3. The lowest BCUT2D eigenvalue weighted by atomic mass is 10.1. The number of hydrogen-bond acceptors (Lipinski definition) is 4. The number of rotatable bonds is 7. The minimum Gasteiger partial charge on any atom is -0.390 e. The van der Waals surface area contributed by atoms with Crippen molar-refractivity contribution < 1.29 is 18.3 Å². The third kappa shape index (κ3) is 4.68. The summed E-state index contributed by atoms with van der Waals surface area (Å²) in [5.41, 5.74) is -0.860. The van der Waals surface area contributed by atoms with Gasteiger partial charge < -0.3 is 9.84 Å². The second-order valence-electron chi connectivity index (χ2n) is 5.75. The van der Waals surface area contributed by atoms with Crippen LogP contribution in [0.1, 0.15) is 33.1 Å². The van der Waals surface area contributed by atoms with Crippen LogP contribution in [0, 0.1) is 0 Å². The van der Waals surface area contributed by atoms with Gasteiger partial charge in [-0.1, -0.05) is 0 Å². The van der Waals surface area contributed by atoms with Crippen LogP contribution in [0.2, 0.25) is 0 Å². The molecule has 1 saturated heterocycles. The third-order valence-electron chi connectivity index (χ3n) is 3.41. The van der Waals surface area contributed by atoms with Crippen molar-refractivity contribution in [3.63, 3.8) is 0 Å². The maximum Gasteiger partial charge on any atom is 0.282 e. The van der Waals surface area contributed by atoms with Gasteiger partial charge in [0, 0.05) is 33.3 Å². The minimum atomic E-state index is -3.46. The fourth-order valence-corrected chi connectivity index (χ4v) is 3.78. The molecule has 7 heteroatoms. The van der Waals surface area contributed by atoms with Crippen LogP contribution in [-0.4, -0.2) is 67.6 Å². The first kappa shape index (κ1) is 16.8. The van der Waals surface area contributed by atoms with E-state index >= 15 is 0 Å². The summed E-state index contributed by atoms with van der Waals surface area (Å²) in [5, 5.41) is 9.68. The van der Waals surface area contributed by atoms with Crippen LogP contribution in [0.5, 0.6) is 0 Å². The molecule has 6 nitrogen and oxygen atoms in total. The minimum absolute atomic E-state index is 0.0698. The van der Waals surface area contributed by atoms with Gasteiger partial charge in [-0.3, -0.25) is 0 Å². The molecule has 0 saturated carbocycles. The maximum absolute atomic E-state index is 12.4. The van der Waals surface area contributed by atoms with Gasteiger partial charge in [-0.05, 0) is 33.1 Å². The fraction of sp³-hybridized carbons (Fsp3) is 1.00. The second-order valence-corrected chi connectivity index (χ2v) is 7.74. The Morgan fingerprint density at radius 1 is 1.47 bits per heavy atom. The zero-order chi connectivity index (χ0) is 14.7. The molecule has 0 radical (unpaired) electrons. The molecule has 0 aromatic rings. The normalized spacial score (nSPS) is 22.3. The monoisotopic (exact) mass is 294 g/mol. The summed E-state index contributed by atoms with van der Waals surface area (Å²) in [6, 6.07) is -0.0698. The smallest absolute Gasteiger partial charge is 0.282 e. The molecular weight excluding hydrogens is 268 g/mol. The predicted molar refractivity (Wildman–Crippen MR) is 74.1 cm³/mol. The van der Waals surface area contributed by atoms with Crippen molar-refractivity contribution in [2.45, 2.75) is 44.8 Å². The quantitative estimate of drug-likeness (QED) is 0.739. The molecule has 0 aliphatic carbocycles. The SMILES string of the molecule is COCC1CCCN1S(=O)(=O)N(C)CCC(C)(C)O. The molecule has 1 atom stereocenters. The van der Waals surface area contributed by atoms with Crippen molar-refractivity contribution in [2.24, 2.45) is 0 Å². The molecule has 1 N–H and O–H groups in total. The van der Waals surface area contributed by atoms with Gasteiger partial charge in [0.05, 0.1) is 12.2 Å². The summed E-state index contributed by atoms with van der Waals surface area (Å²) in [6.07, 6.45) is 2.12. The second kappa shape index (κ2) is 6.49. The van der Waals surface area contributed by atoms with E-state index < -0.39 is 15.8 Å². The Balaban J connectivity index is 2.68. The van der Waals surface area contributed by atoms with Gasteiger partial charge in [0.15, 0.2) is 0 Å². The fourth-order valence-electron chi connectivity index (χ4n) is 2.20. The Morgan fingerprint density at radius 2 is 2.11 bits per heavy atom. The number of aliphatic hydroxyl groups is 1. The van der Waals surface area contributed by atoms with Crippen LogP contribution in [0.25, 0.3) is 0 Å². The number of hydrogen-bond donors (Lipinski definition) is 1. The van der Waals surface area contributed by atoms with Crippen molar-refractivity contribution in [3.8, 4) is 0 Å². The summed E-state index contributed by atoms with van der Waals surface area (Å²) in [5.74, 6) is 0. The highest BCUT2D eigenvalue weighted by molar-refractivity contribution is 7.86. The average Bonchev–Trinajstić information content (AvgIpc) is 2.74. The van der Waals surface area contributed by atoms with Crippen molar-refractivity contribution in [1.29, 1.82) is 0 Å². The summed E-state index contributed by atoms with van der Waals surface area (Å²) in [6.45, 7) is 4.64. The van der Waals surface area contributed by atoms with Crippen molar-refractivity contribution >= 4 is 10.2 Å². The van der Waals surface area contributed by atoms with E-state index in [4.69, 9.17) is 4.74 Å². The van der Waals surface area contributed by atoms with E-state index in [1.165, 1.54) is 8.61 Å².